The first-order valence-electron chi connectivity index (χ1n) is 4.65. The van der Waals surface area contributed by atoms with E-state index in [0.29, 0.717) is 0 Å². The molecule has 3 saturated carbocycles. The molecule has 3 fully saturated rings. The van der Waals surface area contributed by atoms with E-state index < -0.39 is 0 Å². The quantitative estimate of drug-likeness (QED) is 0.520. The zero-order valence-electron chi connectivity index (χ0n) is 7.20. The highest BCUT2D eigenvalue weighted by Crippen LogP contribution is 3.07. The number of rotatable bonds is 1. The van der Waals surface area contributed by atoms with E-state index in [4.69, 9.17) is 0 Å². The number of fused-ring (bicyclic) bond motifs is 1. The van der Waals surface area contributed by atoms with Gasteiger partial charge in [-0.15, -0.1) is 0 Å². The van der Waals surface area contributed by atoms with E-state index in [1.54, 1.807) is 12.8 Å². The highest BCUT2D eigenvalue weighted by atomic mass is 15.0. The van der Waals surface area contributed by atoms with Gasteiger partial charge in [0.1, 0.15) is 0 Å². The fraction of sp³-hybridized carbons (Fsp3) is 1.00. The molecule has 0 heteroatoms. The van der Waals surface area contributed by atoms with Gasteiger partial charge in [-0.2, -0.15) is 0 Å². The van der Waals surface area contributed by atoms with Crippen LogP contribution in [0.25, 0.3) is 0 Å². The fourth-order valence-corrected chi connectivity index (χ4v) is 4.98. The molecule has 0 nitrogen and oxygen atoms in total. The predicted molar refractivity (Wildman–Crippen MR) is 41.7 cm³/mol. The molecule has 1 spiro atoms. The Labute approximate surface area is 63.0 Å². The predicted octanol–water partition coefficient (Wildman–Crippen LogP) is 2.83. The Morgan fingerprint density at radius 3 is 2.30 bits per heavy atom. The molecule has 3 aliphatic rings. The Morgan fingerprint density at radius 2 is 2.20 bits per heavy atom. The zero-order valence-corrected chi connectivity index (χ0v) is 7.20. The summed E-state index contributed by atoms with van der Waals surface area (Å²) in [5.41, 5.74) is 2.61. The van der Waals surface area contributed by atoms with Crippen LogP contribution in [0.4, 0.5) is 0 Å². The Bertz CT molecular complexity index is 210. The van der Waals surface area contributed by atoms with Gasteiger partial charge in [0.05, 0.1) is 0 Å². The van der Waals surface area contributed by atoms with Crippen molar-refractivity contribution in [3.63, 3.8) is 0 Å². The van der Waals surface area contributed by atoms with Gasteiger partial charge in [0.2, 0.25) is 0 Å². The maximum Gasteiger partial charge on any atom is -0.0152 e. The lowest BCUT2D eigenvalue weighted by atomic mass is 9.60. The third-order valence-corrected chi connectivity index (χ3v) is 5.42. The minimum Gasteiger partial charge on any atom is -0.0648 e. The second-order valence-corrected chi connectivity index (χ2v) is 5.02. The summed E-state index contributed by atoms with van der Waals surface area (Å²) in [6.07, 6.45) is 4.57. The molecule has 0 radical (unpaired) electrons. The number of hydrogen-bond donors (Lipinski definition) is 0. The van der Waals surface area contributed by atoms with Crippen molar-refractivity contribution in [1.82, 2.24) is 0 Å². The minimum absolute atomic E-state index is 0.841. The zero-order chi connectivity index (χ0) is 7.20. The second-order valence-electron chi connectivity index (χ2n) is 5.02. The first-order valence-corrected chi connectivity index (χ1v) is 4.65. The van der Waals surface area contributed by atoms with Gasteiger partial charge in [0.25, 0.3) is 0 Å². The summed E-state index contributed by atoms with van der Waals surface area (Å²) < 4.78 is 0. The maximum atomic E-state index is 2.51. The van der Waals surface area contributed by atoms with E-state index in [2.05, 4.69) is 20.8 Å². The molecule has 56 valence electrons. The van der Waals surface area contributed by atoms with E-state index in [0.717, 1.165) is 22.2 Å². The van der Waals surface area contributed by atoms with Crippen LogP contribution >= 0.6 is 0 Å². The van der Waals surface area contributed by atoms with Crippen molar-refractivity contribution in [2.75, 3.05) is 0 Å². The van der Waals surface area contributed by atoms with Gasteiger partial charge in [-0.05, 0) is 41.4 Å². The summed E-state index contributed by atoms with van der Waals surface area (Å²) in [7, 11) is 0. The molecule has 4 atom stereocenters. The van der Waals surface area contributed by atoms with Crippen molar-refractivity contribution in [3.8, 4) is 0 Å². The van der Waals surface area contributed by atoms with Crippen LogP contribution in [0, 0.1) is 22.2 Å². The lowest BCUT2D eigenvalue weighted by molar-refractivity contribution is 0.0483. The average Bonchev–Trinajstić information content (AvgIpc) is 2.52. The van der Waals surface area contributed by atoms with Crippen LogP contribution in [0.5, 0.6) is 0 Å². The molecule has 0 N–H and O–H groups in total. The largest absolute Gasteiger partial charge is 0.0648 e. The topological polar surface area (TPSA) is 0 Å². The van der Waals surface area contributed by atoms with E-state index in [9.17, 15) is 0 Å². The van der Waals surface area contributed by atoms with Crippen LogP contribution in [0.1, 0.15) is 40.0 Å². The second kappa shape index (κ2) is 1.00. The van der Waals surface area contributed by atoms with Gasteiger partial charge in [0, 0.05) is 0 Å². The molecule has 0 heterocycles. The molecular weight excluding hydrogens is 120 g/mol. The normalized spacial score (nSPS) is 75.3. The third kappa shape index (κ3) is 0.212. The van der Waals surface area contributed by atoms with Gasteiger partial charge in [-0.1, -0.05) is 20.8 Å². The van der Waals surface area contributed by atoms with E-state index in [1.165, 1.54) is 6.42 Å². The molecule has 0 bridgehead atoms. The third-order valence-electron chi connectivity index (χ3n) is 5.42. The molecule has 10 heavy (non-hydrogen) atoms. The molecular formula is C10H16. The van der Waals surface area contributed by atoms with Gasteiger partial charge < -0.3 is 0 Å². The highest BCUT2D eigenvalue weighted by molar-refractivity contribution is 5.49. The summed E-state index contributed by atoms with van der Waals surface area (Å²) >= 11 is 0. The SMILES string of the molecule is CCC12C(C)CC13CC32C. The fourth-order valence-electron chi connectivity index (χ4n) is 4.98. The summed E-state index contributed by atoms with van der Waals surface area (Å²) in [6, 6.07) is 0. The summed E-state index contributed by atoms with van der Waals surface area (Å²) in [5, 5.41) is 0. The lowest BCUT2D eigenvalue weighted by Gasteiger charge is -2.44. The number of hydrogen-bond acceptors (Lipinski definition) is 0. The van der Waals surface area contributed by atoms with Crippen molar-refractivity contribution in [3.05, 3.63) is 0 Å². The van der Waals surface area contributed by atoms with Crippen LogP contribution < -0.4 is 0 Å². The van der Waals surface area contributed by atoms with E-state index in [-0.39, 0.29) is 0 Å². The van der Waals surface area contributed by atoms with Crippen LogP contribution in [0.15, 0.2) is 0 Å². The van der Waals surface area contributed by atoms with Gasteiger partial charge >= 0.3 is 0 Å². The summed E-state index contributed by atoms with van der Waals surface area (Å²) in [5.74, 6) is 1.05. The standard InChI is InChI=1S/C10H16/c1-4-10-7(2)5-9(10)6-8(9,10)3/h7H,4-6H2,1-3H3. The molecule has 0 saturated heterocycles. The molecule has 0 aliphatic heterocycles. The summed E-state index contributed by atoms with van der Waals surface area (Å²) in [6.45, 7) is 7.35. The monoisotopic (exact) mass is 136 g/mol. The first-order chi connectivity index (χ1) is 4.65. The van der Waals surface area contributed by atoms with Gasteiger partial charge in [-0.25, -0.2) is 0 Å². The first kappa shape index (κ1) is 5.62. The lowest BCUT2D eigenvalue weighted by Crippen LogP contribution is -2.36. The Balaban J connectivity index is 2.02. The smallest absolute Gasteiger partial charge is 0.0152 e. The van der Waals surface area contributed by atoms with Crippen molar-refractivity contribution < 1.29 is 0 Å². The summed E-state index contributed by atoms with van der Waals surface area (Å²) in [4.78, 5) is 0. The van der Waals surface area contributed by atoms with Crippen molar-refractivity contribution >= 4 is 0 Å². The van der Waals surface area contributed by atoms with Crippen LogP contribution in [0.3, 0.4) is 0 Å². The molecule has 0 amide bonds. The molecule has 0 aromatic rings. The Morgan fingerprint density at radius 1 is 1.50 bits per heavy atom. The maximum absolute atomic E-state index is 2.51. The molecule has 4 unspecified atom stereocenters. The van der Waals surface area contributed by atoms with Crippen molar-refractivity contribution in [2.24, 2.45) is 22.2 Å². The van der Waals surface area contributed by atoms with Gasteiger partial charge in [-0.3, -0.25) is 0 Å². The van der Waals surface area contributed by atoms with Crippen LogP contribution in [0.2, 0.25) is 0 Å². The molecule has 0 aromatic carbocycles. The molecule has 0 aromatic heterocycles. The Hall–Kier alpha value is 0. The Kier molecular flexibility index (Phi) is 0.562. The van der Waals surface area contributed by atoms with Crippen molar-refractivity contribution in [1.29, 1.82) is 0 Å². The van der Waals surface area contributed by atoms with Gasteiger partial charge in [0.15, 0.2) is 0 Å². The highest BCUT2D eigenvalue weighted by Gasteiger charge is 3.01. The average molecular weight is 136 g/mol. The molecule has 3 rings (SSSR count). The molecule has 3 aliphatic carbocycles. The van der Waals surface area contributed by atoms with E-state index >= 15 is 0 Å². The van der Waals surface area contributed by atoms with Crippen molar-refractivity contribution in [2.45, 2.75) is 40.0 Å². The van der Waals surface area contributed by atoms with Crippen LogP contribution in [-0.2, 0) is 0 Å². The van der Waals surface area contributed by atoms with Crippen LogP contribution in [-0.4, -0.2) is 0 Å². The minimum atomic E-state index is 0.841. The van der Waals surface area contributed by atoms with E-state index in [1.807, 2.05) is 0 Å².